The third-order valence-electron chi connectivity index (χ3n) is 5.65. The molecule has 0 fully saturated rings. The number of hydrogen-bond donors (Lipinski definition) is 0. The Morgan fingerprint density at radius 1 is 1.14 bits per heavy atom. The smallest absolute Gasteiger partial charge is 0.387 e. The predicted octanol–water partition coefficient (Wildman–Crippen LogP) is 3.42. The molecule has 0 spiro atoms. The van der Waals surface area contributed by atoms with Crippen LogP contribution in [0, 0.1) is 0 Å². The van der Waals surface area contributed by atoms with Crippen molar-refractivity contribution >= 4 is 23.4 Å². The van der Waals surface area contributed by atoms with Gasteiger partial charge in [-0.2, -0.15) is 8.78 Å². The number of fused-ring (bicyclic) bond motifs is 1. The highest BCUT2D eigenvalue weighted by atomic mass is 32.1. The van der Waals surface area contributed by atoms with Crippen LogP contribution in [0.4, 0.5) is 8.78 Å². The second-order valence-electron chi connectivity index (χ2n) is 7.86. The molecular weight excluding hydrogens is 506 g/mol. The maximum Gasteiger partial charge on any atom is 0.387 e. The van der Waals surface area contributed by atoms with Gasteiger partial charge in [0.25, 0.3) is 5.56 Å². The first kappa shape index (κ1) is 26.1. The molecule has 8 nitrogen and oxygen atoms in total. The van der Waals surface area contributed by atoms with Crippen molar-refractivity contribution in [1.29, 1.82) is 0 Å². The highest BCUT2D eigenvalue weighted by Gasteiger charge is 2.33. The topological polar surface area (TPSA) is 88.4 Å². The Balaban J connectivity index is 1.87. The van der Waals surface area contributed by atoms with Gasteiger partial charge in [0.1, 0.15) is 5.75 Å². The summed E-state index contributed by atoms with van der Waals surface area (Å²) in [5, 5.41) is 0. The molecule has 37 heavy (non-hydrogen) atoms. The molecule has 4 rings (SSSR count). The van der Waals surface area contributed by atoms with E-state index < -0.39 is 18.6 Å². The zero-order valence-electron chi connectivity index (χ0n) is 20.5. The van der Waals surface area contributed by atoms with Gasteiger partial charge < -0.3 is 18.9 Å². The molecule has 1 atom stereocenters. The van der Waals surface area contributed by atoms with Gasteiger partial charge in [0.05, 0.1) is 42.7 Å². The molecule has 2 heterocycles. The molecule has 11 heteroatoms. The van der Waals surface area contributed by atoms with E-state index in [0.717, 1.165) is 11.3 Å². The number of carbonyl (C=O) groups excluding carboxylic acids is 1. The normalized spacial score (nSPS) is 15.3. The van der Waals surface area contributed by atoms with Crippen molar-refractivity contribution in [3.05, 3.63) is 84.5 Å². The number of hydrogen-bond acceptors (Lipinski definition) is 8. The van der Waals surface area contributed by atoms with Crippen LogP contribution in [0.5, 0.6) is 17.2 Å². The number of aromatic nitrogens is 1. The molecule has 194 valence electrons. The molecule has 0 aliphatic carbocycles. The molecule has 0 amide bonds. The lowest BCUT2D eigenvalue weighted by atomic mass is 9.96. The van der Waals surface area contributed by atoms with Crippen LogP contribution in [0.1, 0.15) is 31.0 Å². The van der Waals surface area contributed by atoms with Gasteiger partial charge in [0.2, 0.25) is 0 Å². The van der Waals surface area contributed by atoms with Crippen molar-refractivity contribution in [3.63, 3.8) is 0 Å². The molecule has 3 aromatic rings. The lowest BCUT2D eigenvalue weighted by Crippen LogP contribution is -2.39. The van der Waals surface area contributed by atoms with E-state index in [2.05, 4.69) is 9.73 Å². The van der Waals surface area contributed by atoms with Crippen molar-refractivity contribution in [2.45, 2.75) is 26.5 Å². The largest absolute Gasteiger partial charge is 0.497 e. The summed E-state index contributed by atoms with van der Waals surface area (Å²) < 4.78 is 47.3. The summed E-state index contributed by atoms with van der Waals surface area (Å²) in [5.74, 6) is 0.0460. The average molecular weight is 531 g/mol. The van der Waals surface area contributed by atoms with Crippen LogP contribution in [0.2, 0.25) is 0 Å². The summed E-state index contributed by atoms with van der Waals surface area (Å²) in [6.07, 6.45) is 1.60. The van der Waals surface area contributed by atoms with E-state index in [1.54, 1.807) is 51.3 Å². The molecule has 1 aliphatic heterocycles. The maximum absolute atomic E-state index is 13.7. The maximum atomic E-state index is 13.7. The summed E-state index contributed by atoms with van der Waals surface area (Å²) in [6, 6.07) is 10.7. The Bertz CT molecular complexity index is 1530. The SMILES string of the molecule is CCOC(=O)C1=C(C)N=c2s/c(=C/c3ccc(OC(F)F)c(OC)c3)c(=O)n2C1c1ccc(OC)cc1. The van der Waals surface area contributed by atoms with E-state index in [1.165, 1.54) is 29.9 Å². The molecule has 0 saturated carbocycles. The van der Waals surface area contributed by atoms with E-state index in [0.29, 0.717) is 31.9 Å². The van der Waals surface area contributed by atoms with Gasteiger partial charge in [-0.25, -0.2) is 9.79 Å². The van der Waals surface area contributed by atoms with E-state index >= 15 is 0 Å². The fourth-order valence-corrected chi connectivity index (χ4v) is 5.06. The van der Waals surface area contributed by atoms with Gasteiger partial charge in [-0.1, -0.05) is 29.5 Å². The van der Waals surface area contributed by atoms with Gasteiger partial charge in [-0.05, 0) is 55.3 Å². The number of rotatable bonds is 8. The molecular formula is C26H24F2N2O6S. The highest BCUT2D eigenvalue weighted by molar-refractivity contribution is 7.07. The Hall–Kier alpha value is -3.99. The number of allylic oxidation sites excluding steroid dienone is 1. The number of methoxy groups -OCH3 is 2. The minimum absolute atomic E-state index is 0.0957. The summed E-state index contributed by atoms with van der Waals surface area (Å²) in [4.78, 5) is 31.5. The van der Waals surface area contributed by atoms with Crippen LogP contribution in [0.3, 0.4) is 0 Å². The Labute approximate surface area is 214 Å². The van der Waals surface area contributed by atoms with E-state index in [1.807, 2.05) is 0 Å². The molecule has 1 unspecified atom stereocenters. The minimum Gasteiger partial charge on any atom is -0.497 e. The number of carbonyl (C=O) groups is 1. The van der Waals surface area contributed by atoms with Crippen LogP contribution in [0.15, 0.2) is 63.5 Å². The van der Waals surface area contributed by atoms with Crippen LogP contribution in [-0.2, 0) is 9.53 Å². The number of ether oxygens (including phenoxy) is 4. The zero-order valence-corrected chi connectivity index (χ0v) is 21.3. The fourth-order valence-electron chi connectivity index (χ4n) is 4.01. The number of thiazole rings is 1. The highest BCUT2D eigenvalue weighted by Crippen LogP contribution is 2.32. The van der Waals surface area contributed by atoms with Crippen molar-refractivity contribution in [2.24, 2.45) is 4.99 Å². The summed E-state index contributed by atoms with van der Waals surface area (Å²) in [6.45, 7) is 0.574. The summed E-state index contributed by atoms with van der Waals surface area (Å²) in [5.41, 5.74) is 1.56. The molecule has 2 aromatic carbocycles. The Kier molecular flexibility index (Phi) is 7.72. The van der Waals surface area contributed by atoms with Crippen molar-refractivity contribution < 1.29 is 32.5 Å². The number of esters is 1. The van der Waals surface area contributed by atoms with E-state index in [9.17, 15) is 18.4 Å². The predicted molar refractivity (Wildman–Crippen MR) is 133 cm³/mol. The molecule has 0 N–H and O–H groups in total. The Morgan fingerprint density at radius 3 is 2.49 bits per heavy atom. The Morgan fingerprint density at radius 2 is 1.86 bits per heavy atom. The van der Waals surface area contributed by atoms with Crippen LogP contribution in [0.25, 0.3) is 6.08 Å². The van der Waals surface area contributed by atoms with Crippen molar-refractivity contribution in [3.8, 4) is 17.2 Å². The van der Waals surface area contributed by atoms with E-state index in [-0.39, 0.29) is 29.2 Å². The lowest BCUT2D eigenvalue weighted by molar-refractivity contribution is -0.139. The van der Waals surface area contributed by atoms with Crippen LogP contribution >= 0.6 is 11.3 Å². The molecule has 0 saturated heterocycles. The first-order chi connectivity index (χ1) is 17.8. The van der Waals surface area contributed by atoms with Crippen molar-refractivity contribution in [1.82, 2.24) is 4.57 Å². The first-order valence-electron chi connectivity index (χ1n) is 11.2. The van der Waals surface area contributed by atoms with Gasteiger partial charge in [0, 0.05) is 0 Å². The van der Waals surface area contributed by atoms with Crippen molar-refractivity contribution in [2.75, 3.05) is 20.8 Å². The third-order valence-corrected chi connectivity index (χ3v) is 6.63. The van der Waals surface area contributed by atoms with Crippen LogP contribution < -0.4 is 29.1 Å². The van der Waals surface area contributed by atoms with Crippen LogP contribution in [-0.4, -0.2) is 38.0 Å². The molecule has 1 aliphatic rings. The fraction of sp³-hybridized carbons (Fsp3) is 0.269. The lowest BCUT2D eigenvalue weighted by Gasteiger charge is -2.24. The van der Waals surface area contributed by atoms with Gasteiger partial charge in [0.15, 0.2) is 16.3 Å². The quantitative estimate of drug-likeness (QED) is 0.415. The number of benzene rings is 2. The summed E-state index contributed by atoms with van der Waals surface area (Å²) >= 11 is 1.15. The monoisotopic (exact) mass is 530 g/mol. The van der Waals surface area contributed by atoms with Gasteiger partial charge in [-0.3, -0.25) is 9.36 Å². The molecule has 0 radical (unpaired) electrons. The van der Waals surface area contributed by atoms with E-state index in [4.69, 9.17) is 14.2 Å². The second kappa shape index (κ2) is 11.0. The first-order valence-corrected chi connectivity index (χ1v) is 12.1. The molecule has 1 aromatic heterocycles. The van der Waals surface area contributed by atoms with Gasteiger partial charge >= 0.3 is 12.6 Å². The number of nitrogens with zero attached hydrogens (tertiary/aromatic N) is 2. The third kappa shape index (κ3) is 5.26. The number of halogens is 2. The number of alkyl halides is 2. The minimum atomic E-state index is -3.00. The standard InChI is InChI=1S/C26H24F2N2O6S/c1-5-35-24(32)21-14(2)29-26-30(22(21)16-7-9-17(33-3)10-8-16)23(31)20(37-26)13-15-6-11-18(36-25(27)28)19(12-15)34-4/h6-13,22,25H,5H2,1-4H3/b20-13+. The summed E-state index contributed by atoms with van der Waals surface area (Å²) in [7, 11) is 2.88. The average Bonchev–Trinajstić information content (AvgIpc) is 3.18. The molecule has 0 bridgehead atoms. The second-order valence-corrected chi connectivity index (χ2v) is 8.87. The zero-order chi connectivity index (χ0) is 26.7. The van der Waals surface area contributed by atoms with Gasteiger partial charge in [-0.15, -0.1) is 0 Å².